The Kier molecular flexibility index (Phi) is 5.75. The van der Waals surface area contributed by atoms with Crippen LogP contribution in [0.3, 0.4) is 0 Å². The lowest BCUT2D eigenvalue weighted by Gasteiger charge is -2.35. The fourth-order valence-electron chi connectivity index (χ4n) is 3.49. The van der Waals surface area contributed by atoms with Gasteiger partial charge in [0.1, 0.15) is 11.2 Å². The second kappa shape index (κ2) is 8.31. The largest absolute Gasteiger partial charge is 0.444 e. The molecule has 0 saturated carbocycles. The van der Waals surface area contributed by atoms with Gasteiger partial charge in [-0.25, -0.2) is 9.78 Å². The average molecular weight is 430 g/mol. The number of carbonyl (C=O) groups is 2. The van der Waals surface area contributed by atoms with Gasteiger partial charge in [-0.2, -0.15) is 0 Å². The maximum Gasteiger partial charge on any atom is 0.410 e. The van der Waals surface area contributed by atoms with E-state index in [-0.39, 0.29) is 12.0 Å². The summed E-state index contributed by atoms with van der Waals surface area (Å²) in [5.74, 6) is -0.0724. The van der Waals surface area contributed by atoms with Crippen LogP contribution in [0.25, 0.3) is 11.7 Å². The van der Waals surface area contributed by atoms with Crippen molar-refractivity contribution in [2.75, 3.05) is 39.3 Å². The third-order valence-electron chi connectivity index (χ3n) is 4.98. The van der Waals surface area contributed by atoms with Gasteiger partial charge in [0.15, 0.2) is 0 Å². The van der Waals surface area contributed by atoms with Crippen molar-refractivity contribution < 1.29 is 14.3 Å². The molecule has 2 amide bonds. The molecule has 30 heavy (non-hydrogen) atoms. The molecular weight excluding hydrogens is 402 g/mol. The third kappa shape index (κ3) is 4.62. The highest BCUT2D eigenvalue weighted by Gasteiger charge is 2.26. The number of aromatic nitrogens is 2. The number of thioether (sulfide) groups is 1. The minimum atomic E-state index is -0.479. The lowest BCUT2D eigenvalue weighted by Crippen LogP contribution is -2.51. The van der Waals surface area contributed by atoms with Gasteiger partial charge < -0.3 is 15.0 Å². The minimum Gasteiger partial charge on any atom is -0.444 e. The fraction of sp³-hybridized carbons (Fsp3) is 0.476. The van der Waals surface area contributed by atoms with Crippen LogP contribution in [0.15, 0.2) is 34.3 Å². The summed E-state index contributed by atoms with van der Waals surface area (Å²) < 4.78 is 7.48. The monoisotopic (exact) mass is 429 g/mol. The van der Waals surface area contributed by atoms with Gasteiger partial charge in [-0.15, -0.1) is 0 Å². The fourth-order valence-corrected chi connectivity index (χ4v) is 4.50. The van der Waals surface area contributed by atoms with Crippen LogP contribution in [0.5, 0.6) is 0 Å². The van der Waals surface area contributed by atoms with Crippen LogP contribution in [-0.4, -0.2) is 76.1 Å². The average Bonchev–Trinajstić information content (AvgIpc) is 3.12. The number of piperazine rings is 1. The predicted molar refractivity (Wildman–Crippen MR) is 116 cm³/mol. The number of amides is 2. The molecule has 1 fully saturated rings. The summed E-state index contributed by atoms with van der Waals surface area (Å²) in [5, 5.41) is 4.01. The van der Waals surface area contributed by atoms with Crippen LogP contribution < -0.4 is 5.32 Å². The second-order valence-corrected chi connectivity index (χ2v) is 9.48. The first-order valence-electron chi connectivity index (χ1n) is 10.1. The molecule has 1 saturated heterocycles. The van der Waals surface area contributed by atoms with E-state index in [4.69, 9.17) is 4.74 Å². The SMILES string of the molecule is CC(C)(C)OC(=O)N1CCN(CCNC(=O)C2=Cc3cnc4cccc(n34)S2)CC1. The molecule has 0 aliphatic carbocycles. The molecule has 2 aliphatic rings. The van der Waals surface area contributed by atoms with E-state index in [9.17, 15) is 9.59 Å². The molecule has 0 atom stereocenters. The molecule has 4 heterocycles. The van der Waals surface area contributed by atoms with Crippen molar-refractivity contribution in [2.45, 2.75) is 31.4 Å². The second-order valence-electron chi connectivity index (χ2n) is 8.42. The molecule has 0 bridgehead atoms. The summed E-state index contributed by atoms with van der Waals surface area (Å²) in [5.41, 5.74) is 1.33. The molecule has 2 aromatic heterocycles. The lowest BCUT2D eigenvalue weighted by molar-refractivity contribution is -0.116. The summed E-state index contributed by atoms with van der Waals surface area (Å²) in [4.78, 5) is 33.8. The van der Waals surface area contributed by atoms with E-state index >= 15 is 0 Å². The van der Waals surface area contributed by atoms with E-state index in [2.05, 4.69) is 15.2 Å². The number of imidazole rings is 1. The highest BCUT2D eigenvalue weighted by Crippen LogP contribution is 2.34. The van der Waals surface area contributed by atoms with Gasteiger partial charge in [0.2, 0.25) is 0 Å². The predicted octanol–water partition coefficient (Wildman–Crippen LogP) is 2.45. The van der Waals surface area contributed by atoms with Gasteiger partial charge in [0.25, 0.3) is 5.91 Å². The van der Waals surface area contributed by atoms with Crippen molar-refractivity contribution in [2.24, 2.45) is 0 Å². The first kappa shape index (κ1) is 20.7. The number of rotatable bonds is 4. The molecule has 8 nitrogen and oxygen atoms in total. The number of hydrogen-bond donors (Lipinski definition) is 1. The van der Waals surface area contributed by atoms with Crippen molar-refractivity contribution in [3.05, 3.63) is 35.0 Å². The first-order valence-corrected chi connectivity index (χ1v) is 11.0. The molecule has 2 aliphatic heterocycles. The Morgan fingerprint density at radius 2 is 1.97 bits per heavy atom. The Balaban J connectivity index is 1.23. The van der Waals surface area contributed by atoms with E-state index in [1.807, 2.05) is 49.4 Å². The summed E-state index contributed by atoms with van der Waals surface area (Å²) in [6.07, 6.45) is 3.41. The molecule has 0 spiro atoms. The Labute approximate surface area is 180 Å². The molecule has 4 rings (SSSR count). The molecule has 9 heteroatoms. The Hall–Kier alpha value is -2.52. The number of pyridine rings is 1. The van der Waals surface area contributed by atoms with Gasteiger partial charge in [0.05, 0.1) is 21.8 Å². The van der Waals surface area contributed by atoms with E-state index in [1.54, 1.807) is 11.1 Å². The number of ether oxygens (including phenoxy) is 1. The van der Waals surface area contributed by atoms with Crippen LogP contribution in [-0.2, 0) is 9.53 Å². The van der Waals surface area contributed by atoms with Crippen LogP contribution in [0.4, 0.5) is 4.79 Å². The zero-order valence-electron chi connectivity index (χ0n) is 17.6. The Morgan fingerprint density at radius 3 is 2.70 bits per heavy atom. The highest BCUT2D eigenvalue weighted by molar-refractivity contribution is 8.04. The van der Waals surface area contributed by atoms with Crippen molar-refractivity contribution in [1.29, 1.82) is 0 Å². The Morgan fingerprint density at radius 1 is 1.20 bits per heavy atom. The van der Waals surface area contributed by atoms with Crippen molar-refractivity contribution >= 4 is 35.5 Å². The van der Waals surface area contributed by atoms with Gasteiger partial charge in [-0.05, 0) is 39.0 Å². The van der Waals surface area contributed by atoms with Crippen LogP contribution in [0.2, 0.25) is 0 Å². The number of hydrogen-bond acceptors (Lipinski definition) is 6. The molecule has 1 N–H and O–H groups in total. The van der Waals surface area contributed by atoms with Crippen molar-refractivity contribution in [3.8, 4) is 0 Å². The highest BCUT2D eigenvalue weighted by atomic mass is 32.2. The third-order valence-corrected chi connectivity index (χ3v) is 6.03. The quantitative estimate of drug-likeness (QED) is 0.804. The maximum atomic E-state index is 12.6. The van der Waals surface area contributed by atoms with Crippen LogP contribution >= 0.6 is 11.8 Å². The zero-order valence-corrected chi connectivity index (χ0v) is 18.4. The van der Waals surface area contributed by atoms with Crippen LogP contribution in [0, 0.1) is 0 Å². The number of nitrogens with one attached hydrogen (secondary N) is 1. The summed E-state index contributed by atoms with van der Waals surface area (Å²) in [6.45, 7) is 9.75. The van der Waals surface area contributed by atoms with Gasteiger partial charge in [-0.3, -0.25) is 14.1 Å². The van der Waals surface area contributed by atoms with Crippen molar-refractivity contribution in [3.63, 3.8) is 0 Å². The summed E-state index contributed by atoms with van der Waals surface area (Å²) in [7, 11) is 0. The van der Waals surface area contributed by atoms with Gasteiger partial charge >= 0.3 is 6.09 Å². The lowest BCUT2D eigenvalue weighted by atomic mass is 10.2. The first-order chi connectivity index (χ1) is 14.3. The van der Waals surface area contributed by atoms with E-state index < -0.39 is 5.60 Å². The number of carbonyl (C=O) groups excluding carboxylic acids is 2. The summed E-state index contributed by atoms with van der Waals surface area (Å²) in [6, 6.07) is 5.90. The van der Waals surface area contributed by atoms with Gasteiger partial charge in [-0.1, -0.05) is 17.8 Å². The standard InChI is InChI=1S/C21H27N5O3S/c1-21(2,3)29-20(28)25-11-9-24(10-12-25)8-7-22-19(27)16-13-15-14-23-17-5-4-6-18(30-16)26(15)17/h4-6,13-14H,7-12H2,1-3H3,(H,22,27). The number of nitrogens with zero attached hydrogens (tertiary/aromatic N) is 4. The van der Waals surface area contributed by atoms with E-state index in [1.165, 1.54) is 11.8 Å². The molecule has 0 aromatic carbocycles. The molecule has 0 radical (unpaired) electrons. The molecule has 0 unspecified atom stereocenters. The van der Waals surface area contributed by atoms with Crippen LogP contribution in [0.1, 0.15) is 26.5 Å². The minimum absolute atomic E-state index is 0.0724. The van der Waals surface area contributed by atoms with E-state index in [0.29, 0.717) is 24.5 Å². The molecule has 160 valence electrons. The summed E-state index contributed by atoms with van der Waals surface area (Å²) >= 11 is 1.46. The molecular formula is C21H27N5O3S. The normalized spacial score (nSPS) is 17.0. The van der Waals surface area contributed by atoms with E-state index in [0.717, 1.165) is 36.0 Å². The Bertz CT molecular complexity index is 986. The molecule has 2 aromatic rings. The van der Waals surface area contributed by atoms with Gasteiger partial charge in [0, 0.05) is 39.3 Å². The topological polar surface area (TPSA) is 79.2 Å². The maximum absolute atomic E-state index is 12.6. The van der Waals surface area contributed by atoms with Crippen molar-refractivity contribution in [1.82, 2.24) is 24.5 Å². The zero-order chi connectivity index (χ0) is 21.3. The smallest absolute Gasteiger partial charge is 0.410 e.